The van der Waals surface area contributed by atoms with Crippen LogP contribution in [0.5, 0.6) is 0 Å². The van der Waals surface area contributed by atoms with Crippen LogP contribution in [0.15, 0.2) is 24.4 Å². The van der Waals surface area contributed by atoms with Gasteiger partial charge in [0.1, 0.15) is 0 Å². The minimum atomic E-state index is 0. The van der Waals surface area contributed by atoms with E-state index >= 15 is 0 Å². The smallest absolute Gasteiger partial charge is 0.257 e. The van der Waals surface area contributed by atoms with Gasteiger partial charge in [0.15, 0.2) is 0 Å². The number of rotatable bonds is 3. The second-order valence-electron chi connectivity index (χ2n) is 8.24. The number of likely N-dealkylation sites (tertiary alicyclic amines) is 1. The highest BCUT2D eigenvalue weighted by Gasteiger charge is 2.36. The predicted octanol–water partition coefficient (Wildman–Crippen LogP) is 4.10. The molecule has 7 heteroatoms. The second-order valence-corrected chi connectivity index (χ2v) is 8.65. The average molecular weight is 421 g/mol. The summed E-state index contributed by atoms with van der Waals surface area (Å²) in [6.45, 7) is 3.63. The van der Waals surface area contributed by atoms with Crippen LogP contribution < -0.4 is 5.32 Å². The third-order valence-corrected chi connectivity index (χ3v) is 6.62. The summed E-state index contributed by atoms with van der Waals surface area (Å²) in [6.07, 6.45) is 7.47. The van der Waals surface area contributed by atoms with E-state index in [4.69, 9.17) is 11.6 Å². The molecule has 3 aliphatic rings. The van der Waals surface area contributed by atoms with Gasteiger partial charge in [0.05, 0.1) is 23.1 Å². The van der Waals surface area contributed by atoms with Crippen molar-refractivity contribution in [2.45, 2.75) is 57.0 Å². The van der Waals surface area contributed by atoms with Crippen LogP contribution in [-0.4, -0.2) is 45.8 Å². The van der Waals surface area contributed by atoms with Crippen LogP contribution in [0.4, 0.5) is 0 Å². The molecule has 1 aliphatic carbocycles. The van der Waals surface area contributed by atoms with Gasteiger partial charge >= 0.3 is 0 Å². The van der Waals surface area contributed by atoms with Gasteiger partial charge in [-0.1, -0.05) is 17.7 Å². The summed E-state index contributed by atoms with van der Waals surface area (Å²) in [5, 5.41) is 8.98. The first kappa shape index (κ1) is 19.7. The number of benzene rings is 1. The van der Waals surface area contributed by atoms with Crippen molar-refractivity contribution in [1.82, 2.24) is 20.0 Å². The molecule has 0 spiro atoms. The number of hydrogen-bond donors (Lipinski definition) is 1. The van der Waals surface area contributed by atoms with Crippen molar-refractivity contribution in [3.8, 4) is 5.69 Å². The molecule has 3 heterocycles. The van der Waals surface area contributed by atoms with E-state index in [1.54, 1.807) is 6.20 Å². The highest BCUT2D eigenvalue weighted by Crippen LogP contribution is 2.43. The molecule has 2 saturated heterocycles. The van der Waals surface area contributed by atoms with Gasteiger partial charge in [0.2, 0.25) is 0 Å². The number of carbonyl (C=O) groups is 1. The van der Waals surface area contributed by atoms with Gasteiger partial charge in [0.25, 0.3) is 5.91 Å². The topological polar surface area (TPSA) is 50.2 Å². The van der Waals surface area contributed by atoms with Crippen LogP contribution in [0.2, 0.25) is 5.02 Å². The Hall–Kier alpha value is -1.56. The molecule has 28 heavy (non-hydrogen) atoms. The molecular weight excluding hydrogens is 395 g/mol. The maximum Gasteiger partial charge on any atom is 0.257 e. The fraction of sp³-hybridized carbons (Fsp3) is 0.524. The molecule has 150 valence electrons. The standard InChI is InChI=1S/C21H25ClN4O.ClH/c1-13-2-7-17(10-19(13)22)26-20(14-3-4-14)18(11-23-26)21(27)25-9-8-15-5-6-16(12-25)24-15;/h2,7,10-11,14-16,24H,3-6,8-9,12H2,1H3;1H. The number of carbonyl (C=O) groups excluding carboxylic acids is 1. The summed E-state index contributed by atoms with van der Waals surface area (Å²) < 4.78 is 1.93. The highest BCUT2D eigenvalue weighted by molar-refractivity contribution is 6.31. The second kappa shape index (κ2) is 7.69. The normalized spacial score (nSPS) is 24.0. The van der Waals surface area contributed by atoms with E-state index in [1.165, 1.54) is 12.8 Å². The largest absolute Gasteiger partial charge is 0.337 e. The quantitative estimate of drug-likeness (QED) is 0.812. The molecule has 2 aromatic rings. The lowest BCUT2D eigenvalue weighted by molar-refractivity contribution is 0.0747. The predicted molar refractivity (Wildman–Crippen MR) is 113 cm³/mol. The van der Waals surface area contributed by atoms with E-state index in [1.807, 2.05) is 34.7 Å². The van der Waals surface area contributed by atoms with Gasteiger partial charge in [-0.25, -0.2) is 4.68 Å². The molecular formula is C21H26Cl2N4O. The molecule has 1 N–H and O–H groups in total. The lowest BCUT2D eigenvalue weighted by Gasteiger charge is -2.24. The van der Waals surface area contributed by atoms with Gasteiger partial charge in [-0.15, -0.1) is 12.4 Å². The minimum absolute atomic E-state index is 0. The van der Waals surface area contributed by atoms with Crippen LogP contribution in [0.1, 0.15) is 59.6 Å². The number of amides is 1. The molecule has 5 nitrogen and oxygen atoms in total. The third-order valence-electron chi connectivity index (χ3n) is 6.21. The molecule has 3 fully saturated rings. The molecule has 1 aromatic heterocycles. The fourth-order valence-electron chi connectivity index (χ4n) is 4.49. The van der Waals surface area contributed by atoms with Crippen molar-refractivity contribution in [2.75, 3.05) is 13.1 Å². The van der Waals surface area contributed by atoms with Gasteiger partial charge < -0.3 is 10.2 Å². The van der Waals surface area contributed by atoms with Crippen molar-refractivity contribution in [3.05, 3.63) is 46.2 Å². The maximum atomic E-state index is 13.4. The monoisotopic (exact) mass is 420 g/mol. The fourth-order valence-corrected chi connectivity index (χ4v) is 4.66. The van der Waals surface area contributed by atoms with E-state index in [2.05, 4.69) is 10.4 Å². The Balaban J connectivity index is 0.00000192. The summed E-state index contributed by atoms with van der Waals surface area (Å²) in [6, 6.07) is 7.00. The van der Waals surface area contributed by atoms with Gasteiger partial charge in [-0.3, -0.25) is 4.79 Å². The Morgan fingerprint density at radius 3 is 2.71 bits per heavy atom. The Labute approximate surface area is 176 Å². The molecule has 1 amide bonds. The van der Waals surface area contributed by atoms with Crippen molar-refractivity contribution in [2.24, 2.45) is 0 Å². The molecule has 1 saturated carbocycles. The molecule has 2 bridgehead atoms. The van der Waals surface area contributed by atoms with Crippen LogP contribution >= 0.6 is 24.0 Å². The van der Waals surface area contributed by atoms with E-state index in [9.17, 15) is 4.79 Å². The SMILES string of the molecule is Cc1ccc(-n2ncc(C(=O)N3CCC4CCC(C3)N4)c2C2CC2)cc1Cl.Cl. The molecule has 1 aromatic carbocycles. The maximum absolute atomic E-state index is 13.4. The number of hydrogen-bond acceptors (Lipinski definition) is 3. The summed E-state index contributed by atoms with van der Waals surface area (Å²) in [4.78, 5) is 15.4. The zero-order chi connectivity index (χ0) is 18.5. The lowest BCUT2D eigenvalue weighted by Crippen LogP contribution is -2.39. The zero-order valence-corrected chi connectivity index (χ0v) is 17.6. The lowest BCUT2D eigenvalue weighted by atomic mass is 10.1. The summed E-state index contributed by atoms with van der Waals surface area (Å²) in [5.74, 6) is 0.559. The number of fused-ring (bicyclic) bond motifs is 2. The Kier molecular flexibility index (Phi) is 5.43. The Morgan fingerprint density at radius 2 is 1.96 bits per heavy atom. The van der Waals surface area contributed by atoms with E-state index in [0.717, 1.165) is 59.9 Å². The van der Waals surface area contributed by atoms with Crippen molar-refractivity contribution >= 4 is 29.9 Å². The third kappa shape index (κ3) is 3.56. The molecule has 2 atom stereocenters. The van der Waals surface area contributed by atoms with Crippen molar-refractivity contribution in [3.63, 3.8) is 0 Å². The first-order valence-electron chi connectivity index (χ1n) is 10.00. The number of nitrogens with zero attached hydrogens (tertiary/aromatic N) is 3. The number of aryl methyl sites for hydroxylation is 1. The van der Waals surface area contributed by atoms with Gasteiger partial charge in [0, 0.05) is 36.1 Å². The van der Waals surface area contributed by atoms with E-state index in [0.29, 0.717) is 18.0 Å². The van der Waals surface area contributed by atoms with E-state index in [-0.39, 0.29) is 18.3 Å². The molecule has 0 radical (unpaired) electrons. The van der Waals surface area contributed by atoms with Crippen molar-refractivity contribution < 1.29 is 4.79 Å². The van der Waals surface area contributed by atoms with E-state index < -0.39 is 0 Å². The summed E-state index contributed by atoms with van der Waals surface area (Å²) in [5.41, 5.74) is 3.81. The number of nitrogens with one attached hydrogen (secondary N) is 1. The van der Waals surface area contributed by atoms with Gasteiger partial charge in [-0.2, -0.15) is 5.10 Å². The highest BCUT2D eigenvalue weighted by atomic mass is 35.5. The number of halogens is 2. The first-order chi connectivity index (χ1) is 13.1. The van der Waals surface area contributed by atoms with Crippen LogP contribution in [-0.2, 0) is 0 Å². The van der Waals surface area contributed by atoms with Crippen LogP contribution in [0.25, 0.3) is 5.69 Å². The van der Waals surface area contributed by atoms with Gasteiger partial charge in [-0.05, 0) is 56.7 Å². The number of aromatic nitrogens is 2. The summed E-state index contributed by atoms with van der Waals surface area (Å²) >= 11 is 6.33. The molecule has 5 rings (SSSR count). The zero-order valence-electron chi connectivity index (χ0n) is 16.0. The van der Waals surface area contributed by atoms with Crippen LogP contribution in [0.3, 0.4) is 0 Å². The average Bonchev–Trinajstić information content (AvgIpc) is 3.29. The summed E-state index contributed by atoms with van der Waals surface area (Å²) in [7, 11) is 0. The first-order valence-corrected chi connectivity index (χ1v) is 10.4. The van der Waals surface area contributed by atoms with Crippen LogP contribution in [0, 0.1) is 6.92 Å². The minimum Gasteiger partial charge on any atom is -0.337 e. The Bertz CT molecular complexity index is 893. The Morgan fingerprint density at radius 1 is 1.18 bits per heavy atom. The van der Waals surface area contributed by atoms with Crippen molar-refractivity contribution in [1.29, 1.82) is 0 Å². The molecule has 2 aliphatic heterocycles. The molecule has 2 unspecified atom stereocenters.